The first kappa shape index (κ1) is 12.1. The summed E-state index contributed by atoms with van der Waals surface area (Å²) >= 11 is 0. The molecule has 0 saturated heterocycles. The fraction of sp³-hybridized carbons (Fsp3) is 0.500. The van der Waals surface area contributed by atoms with Gasteiger partial charge >= 0.3 is 5.97 Å². The number of primary sulfonamides is 1. The molecule has 2 N–H and O–H groups in total. The first-order chi connectivity index (χ1) is 7.93. The zero-order chi connectivity index (χ0) is 12.6. The van der Waals surface area contributed by atoms with Gasteiger partial charge in [-0.2, -0.15) is 0 Å². The first-order valence-electron chi connectivity index (χ1n) is 5.35. The quantitative estimate of drug-likeness (QED) is 0.802. The molecule has 17 heavy (non-hydrogen) atoms. The van der Waals surface area contributed by atoms with E-state index in [1.807, 2.05) is 0 Å². The van der Waals surface area contributed by atoms with E-state index in [2.05, 4.69) is 0 Å². The van der Waals surface area contributed by atoms with Crippen LogP contribution in [0, 0.1) is 0 Å². The van der Waals surface area contributed by atoms with Crippen molar-refractivity contribution in [3.8, 4) is 0 Å². The average Bonchev–Trinajstić information content (AvgIpc) is 2.95. The van der Waals surface area contributed by atoms with Gasteiger partial charge in [0.2, 0.25) is 10.0 Å². The normalized spacial score (nSPS) is 15.9. The van der Waals surface area contributed by atoms with Crippen LogP contribution in [0.1, 0.15) is 36.3 Å². The van der Waals surface area contributed by atoms with Crippen LogP contribution in [0.4, 0.5) is 0 Å². The number of nitrogens with zero attached hydrogens (tertiary/aromatic N) is 1. The summed E-state index contributed by atoms with van der Waals surface area (Å²) in [7, 11) is -3.79. The van der Waals surface area contributed by atoms with Crippen LogP contribution < -0.4 is 5.14 Å². The van der Waals surface area contributed by atoms with Gasteiger partial charge in [0.25, 0.3) is 0 Å². The molecule has 0 atom stereocenters. The number of aromatic nitrogens is 1. The second-order valence-electron chi connectivity index (χ2n) is 3.96. The predicted molar refractivity (Wildman–Crippen MR) is 60.0 cm³/mol. The van der Waals surface area contributed by atoms with Crippen molar-refractivity contribution in [1.29, 1.82) is 0 Å². The molecule has 0 spiro atoms. The number of hydrogen-bond donors (Lipinski definition) is 1. The Bertz CT molecular complexity index is 543. The predicted octanol–water partition coefficient (Wildman–Crippen LogP) is 0.647. The Labute approximate surface area is 99.4 Å². The Morgan fingerprint density at radius 1 is 1.59 bits per heavy atom. The van der Waals surface area contributed by atoms with Crippen molar-refractivity contribution in [1.82, 2.24) is 4.57 Å². The molecule has 0 radical (unpaired) electrons. The minimum absolute atomic E-state index is 0.0487. The molecule has 7 heteroatoms. The summed E-state index contributed by atoms with van der Waals surface area (Å²) in [6.07, 6.45) is 3.27. The monoisotopic (exact) mass is 258 g/mol. The van der Waals surface area contributed by atoms with Crippen molar-refractivity contribution in [2.24, 2.45) is 5.14 Å². The summed E-state index contributed by atoms with van der Waals surface area (Å²) in [6, 6.07) is 1.45. The minimum atomic E-state index is -3.79. The molecule has 1 aromatic rings. The van der Waals surface area contributed by atoms with Gasteiger partial charge in [-0.05, 0) is 25.8 Å². The fourth-order valence-electron chi connectivity index (χ4n) is 1.63. The molecule has 2 rings (SSSR count). The Hall–Kier alpha value is -1.34. The molecular formula is C10H14N2O4S. The SMILES string of the molecule is CCOC(=O)c1cc(S(N)(=O)=O)cn1C1CC1. The molecule has 0 aliphatic heterocycles. The van der Waals surface area contributed by atoms with E-state index in [4.69, 9.17) is 9.88 Å². The van der Waals surface area contributed by atoms with Crippen LogP contribution in [0.5, 0.6) is 0 Å². The number of rotatable bonds is 4. The fourth-order valence-corrected chi connectivity index (χ4v) is 2.17. The molecule has 0 amide bonds. The largest absolute Gasteiger partial charge is 0.461 e. The van der Waals surface area contributed by atoms with Crippen molar-refractivity contribution >= 4 is 16.0 Å². The summed E-state index contributed by atoms with van der Waals surface area (Å²) in [5.41, 5.74) is 0.248. The summed E-state index contributed by atoms with van der Waals surface area (Å²) in [4.78, 5) is 11.6. The third-order valence-corrected chi connectivity index (χ3v) is 3.46. The second kappa shape index (κ2) is 4.15. The highest BCUT2D eigenvalue weighted by Gasteiger charge is 2.30. The average molecular weight is 258 g/mol. The number of hydrogen-bond acceptors (Lipinski definition) is 4. The number of esters is 1. The molecule has 6 nitrogen and oxygen atoms in total. The highest BCUT2D eigenvalue weighted by Crippen LogP contribution is 2.37. The molecule has 0 bridgehead atoms. The number of nitrogens with two attached hydrogens (primary N) is 1. The van der Waals surface area contributed by atoms with Crippen molar-refractivity contribution in [2.45, 2.75) is 30.7 Å². The number of carbonyl (C=O) groups excluding carboxylic acids is 1. The number of carbonyl (C=O) groups is 1. The van der Waals surface area contributed by atoms with E-state index in [1.165, 1.54) is 12.3 Å². The van der Waals surface area contributed by atoms with Crippen LogP contribution >= 0.6 is 0 Å². The number of ether oxygens (including phenoxy) is 1. The summed E-state index contributed by atoms with van der Waals surface area (Å²) in [6.45, 7) is 1.95. The van der Waals surface area contributed by atoms with Crippen molar-refractivity contribution in [3.63, 3.8) is 0 Å². The summed E-state index contributed by atoms with van der Waals surface area (Å²) in [5, 5.41) is 5.04. The van der Waals surface area contributed by atoms with E-state index in [-0.39, 0.29) is 23.2 Å². The Balaban J connectivity index is 2.42. The highest BCUT2D eigenvalue weighted by atomic mass is 32.2. The molecule has 0 aromatic carbocycles. The standard InChI is InChI=1S/C10H14N2O4S/c1-2-16-10(13)9-5-8(17(11,14)15)6-12(9)7-3-4-7/h5-7H,2-4H2,1H3,(H2,11,14,15). The maximum atomic E-state index is 11.7. The van der Waals surface area contributed by atoms with E-state index in [9.17, 15) is 13.2 Å². The Kier molecular flexibility index (Phi) is 2.96. The van der Waals surface area contributed by atoms with Crippen LogP contribution in [-0.2, 0) is 14.8 Å². The highest BCUT2D eigenvalue weighted by molar-refractivity contribution is 7.89. The van der Waals surface area contributed by atoms with Gasteiger partial charge in [0.15, 0.2) is 0 Å². The zero-order valence-electron chi connectivity index (χ0n) is 9.42. The third kappa shape index (κ3) is 2.50. The smallest absolute Gasteiger partial charge is 0.354 e. The van der Waals surface area contributed by atoms with Crippen LogP contribution in [0.15, 0.2) is 17.2 Å². The van der Waals surface area contributed by atoms with E-state index in [1.54, 1.807) is 11.5 Å². The van der Waals surface area contributed by atoms with Crippen molar-refractivity contribution in [2.75, 3.05) is 6.61 Å². The second-order valence-corrected chi connectivity index (χ2v) is 5.53. The molecule has 1 heterocycles. The van der Waals surface area contributed by atoms with E-state index < -0.39 is 16.0 Å². The van der Waals surface area contributed by atoms with Gasteiger partial charge in [-0.1, -0.05) is 0 Å². The maximum Gasteiger partial charge on any atom is 0.354 e. The van der Waals surface area contributed by atoms with Gasteiger partial charge in [-0.15, -0.1) is 0 Å². The Morgan fingerprint density at radius 3 is 2.71 bits per heavy atom. The van der Waals surface area contributed by atoms with Crippen LogP contribution in [0.2, 0.25) is 0 Å². The molecular weight excluding hydrogens is 244 g/mol. The van der Waals surface area contributed by atoms with Gasteiger partial charge in [-0.25, -0.2) is 18.4 Å². The van der Waals surface area contributed by atoms with Gasteiger partial charge in [0.05, 0.1) is 6.61 Å². The molecule has 1 aliphatic carbocycles. The van der Waals surface area contributed by atoms with Gasteiger partial charge in [-0.3, -0.25) is 0 Å². The third-order valence-electron chi connectivity index (χ3n) is 2.58. The molecule has 1 saturated carbocycles. The van der Waals surface area contributed by atoms with Crippen molar-refractivity contribution < 1.29 is 17.9 Å². The van der Waals surface area contributed by atoms with Crippen LogP contribution in [-0.4, -0.2) is 25.6 Å². The lowest BCUT2D eigenvalue weighted by Crippen LogP contribution is -2.11. The molecule has 94 valence electrons. The molecule has 1 aliphatic rings. The van der Waals surface area contributed by atoms with Gasteiger partial charge in [0, 0.05) is 12.2 Å². The van der Waals surface area contributed by atoms with E-state index in [0.29, 0.717) is 0 Å². The van der Waals surface area contributed by atoms with E-state index >= 15 is 0 Å². The van der Waals surface area contributed by atoms with Gasteiger partial charge < -0.3 is 9.30 Å². The topological polar surface area (TPSA) is 91.4 Å². The van der Waals surface area contributed by atoms with Gasteiger partial charge in [0.1, 0.15) is 10.6 Å². The zero-order valence-corrected chi connectivity index (χ0v) is 10.2. The molecule has 1 fully saturated rings. The summed E-state index contributed by atoms with van der Waals surface area (Å²) < 4.78 is 29.0. The molecule has 0 unspecified atom stereocenters. The molecule has 1 aromatic heterocycles. The van der Waals surface area contributed by atoms with Crippen LogP contribution in [0.25, 0.3) is 0 Å². The lowest BCUT2D eigenvalue weighted by molar-refractivity contribution is 0.0513. The maximum absolute atomic E-state index is 11.7. The van der Waals surface area contributed by atoms with Crippen LogP contribution in [0.3, 0.4) is 0 Å². The lowest BCUT2D eigenvalue weighted by atomic mass is 10.4. The lowest BCUT2D eigenvalue weighted by Gasteiger charge is -2.05. The Morgan fingerprint density at radius 2 is 2.24 bits per heavy atom. The van der Waals surface area contributed by atoms with Crippen molar-refractivity contribution in [3.05, 3.63) is 18.0 Å². The first-order valence-corrected chi connectivity index (χ1v) is 6.90. The minimum Gasteiger partial charge on any atom is -0.461 e. The number of sulfonamides is 1. The van der Waals surface area contributed by atoms with E-state index in [0.717, 1.165) is 12.8 Å². The summed E-state index contributed by atoms with van der Waals surface area (Å²) in [5.74, 6) is -0.519.